The molecule has 2 aliphatic rings. The first kappa shape index (κ1) is 6.21. The van der Waals surface area contributed by atoms with Gasteiger partial charge in [-0.3, -0.25) is 0 Å². The van der Waals surface area contributed by atoms with Crippen LogP contribution in [0.25, 0.3) is 0 Å². The van der Waals surface area contributed by atoms with Crippen LogP contribution in [0.2, 0.25) is 0 Å². The minimum Gasteiger partial charge on any atom is -0.0956 e. The normalized spacial score (nSPS) is 25.4. The van der Waals surface area contributed by atoms with Crippen LogP contribution >= 0.6 is 0 Å². The lowest BCUT2D eigenvalue weighted by molar-refractivity contribution is 0.759. The lowest BCUT2D eigenvalue weighted by Crippen LogP contribution is -1.96. The fourth-order valence-corrected chi connectivity index (χ4v) is 2.17. The minimum absolute atomic E-state index is 1.26. The van der Waals surface area contributed by atoms with E-state index in [0.717, 1.165) is 0 Å². The van der Waals surface area contributed by atoms with Crippen molar-refractivity contribution in [1.82, 2.24) is 0 Å². The van der Waals surface area contributed by atoms with Crippen LogP contribution < -0.4 is 0 Å². The zero-order chi connectivity index (χ0) is 6.97. The molecule has 10 heavy (non-hydrogen) atoms. The summed E-state index contributed by atoms with van der Waals surface area (Å²) in [6.07, 6.45) is 8.08. The number of hydrogen-bond donors (Lipinski definition) is 0. The molecule has 0 amide bonds. The van der Waals surface area contributed by atoms with E-state index in [-0.39, 0.29) is 0 Å². The van der Waals surface area contributed by atoms with E-state index in [9.17, 15) is 0 Å². The molecule has 0 saturated carbocycles. The van der Waals surface area contributed by atoms with Crippen LogP contribution in [0.3, 0.4) is 0 Å². The third-order valence-corrected chi connectivity index (χ3v) is 2.72. The molecule has 0 bridgehead atoms. The molecule has 0 saturated heterocycles. The monoisotopic (exact) mass is 134 g/mol. The second-order valence-electron chi connectivity index (χ2n) is 3.39. The first-order chi connectivity index (χ1) is 4.88. The van der Waals surface area contributed by atoms with Crippen molar-refractivity contribution < 1.29 is 0 Å². The van der Waals surface area contributed by atoms with E-state index >= 15 is 0 Å². The highest BCUT2D eigenvalue weighted by atomic mass is 14.2. The largest absolute Gasteiger partial charge is 0.0956 e. The molecular formula is C10H14. The molecule has 0 aromatic heterocycles. The molecule has 0 aromatic carbocycles. The highest BCUT2D eigenvalue weighted by Crippen LogP contribution is 2.39. The van der Waals surface area contributed by atoms with Gasteiger partial charge in [-0.1, -0.05) is 17.7 Å². The Morgan fingerprint density at radius 1 is 0.900 bits per heavy atom. The van der Waals surface area contributed by atoms with E-state index in [1.165, 1.54) is 44.1 Å². The van der Waals surface area contributed by atoms with Crippen molar-refractivity contribution in [3.63, 3.8) is 0 Å². The molecule has 0 N–H and O–H groups in total. The topological polar surface area (TPSA) is 0 Å². The summed E-state index contributed by atoms with van der Waals surface area (Å²) in [5.74, 6) is 0. The molecule has 0 heteroatoms. The molecular weight excluding hydrogens is 120 g/mol. The Bertz CT molecular complexity index is 196. The molecule has 54 valence electrons. The number of rotatable bonds is 0. The summed E-state index contributed by atoms with van der Waals surface area (Å²) in [6.45, 7) is 4.10. The number of hydrogen-bond acceptors (Lipinski definition) is 0. The maximum atomic E-state index is 4.10. The zero-order valence-corrected chi connectivity index (χ0v) is 6.45. The highest BCUT2D eigenvalue weighted by molar-refractivity contribution is 5.38. The van der Waals surface area contributed by atoms with Crippen molar-refractivity contribution in [2.45, 2.75) is 38.5 Å². The predicted octanol–water partition coefficient (Wildman–Crippen LogP) is 3.21. The average molecular weight is 134 g/mol. The summed E-state index contributed by atoms with van der Waals surface area (Å²) in [4.78, 5) is 0. The van der Waals surface area contributed by atoms with Crippen LogP contribution in [0, 0.1) is 0 Å². The lowest BCUT2D eigenvalue weighted by atomic mass is 9.90. The van der Waals surface area contributed by atoms with Crippen molar-refractivity contribution in [2.24, 2.45) is 0 Å². The average Bonchev–Trinajstić information content (AvgIpc) is 2.36. The van der Waals surface area contributed by atoms with Gasteiger partial charge in [-0.25, -0.2) is 0 Å². The summed E-state index contributed by atoms with van der Waals surface area (Å²) in [7, 11) is 0. The van der Waals surface area contributed by atoms with Crippen molar-refractivity contribution in [2.75, 3.05) is 0 Å². The summed E-state index contributed by atoms with van der Waals surface area (Å²) in [5, 5.41) is 0. The second-order valence-corrected chi connectivity index (χ2v) is 3.39. The van der Waals surface area contributed by atoms with Gasteiger partial charge in [0.1, 0.15) is 0 Å². The van der Waals surface area contributed by atoms with E-state index in [4.69, 9.17) is 0 Å². The third kappa shape index (κ3) is 0.828. The van der Waals surface area contributed by atoms with E-state index in [1.54, 1.807) is 11.1 Å². The van der Waals surface area contributed by atoms with Gasteiger partial charge in [-0.15, -0.1) is 0 Å². The van der Waals surface area contributed by atoms with Crippen molar-refractivity contribution in [3.8, 4) is 0 Å². The predicted molar refractivity (Wildman–Crippen MR) is 43.9 cm³/mol. The first-order valence-corrected chi connectivity index (χ1v) is 4.27. The van der Waals surface area contributed by atoms with E-state index in [2.05, 4.69) is 6.58 Å². The second kappa shape index (κ2) is 2.26. The Hall–Kier alpha value is -0.520. The molecule has 2 aliphatic carbocycles. The third-order valence-electron chi connectivity index (χ3n) is 2.72. The quantitative estimate of drug-likeness (QED) is 0.477. The van der Waals surface area contributed by atoms with Crippen molar-refractivity contribution in [3.05, 3.63) is 23.3 Å². The van der Waals surface area contributed by atoms with Crippen molar-refractivity contribution in [1.29, 1.82) is 0 Å². The molecule has 0 radical (unpaired) electrons. The van der Waals surface area contributed by atoms with Gasteiger partial charge < -0.3 is 0 Å². The first-order valence-electron chi connectivity index (χ1n) is 4.27. The van der Waals surface area contributed by atoms with E-state index in [0.29, 0.717) is 0 Å². The standard InChI is InChI=1S/C10H14/c1-8-4-2-5-9-6-3-7-10(8)9/h1-7H2. The lowest BCUT2D eigenvalue weighted by Gasteiger charge is -2.15. The molecule has 0 atom stereocenters. The Balaban J connectivity index is 2.31. The molecule has 0 fully saturated rings. The summed E-state index contributed by atoms with van der Waals surface area (Å²) >= 11 is 0. The van der Waals surface area contributed by atoms with Gasteiger partial charge in [0.2, 0.25) is 0 Å². The SMILES string of the molecule is C=C1CCCC2=C1CCC2. The van der Waals surface area contributed by atoms with E-state index < -0.39 is 0 Å². The molecule has 0 spiro atoms. The van der Waals surface area contributed by atoms with Gasteiger partial charge in [0, 0.05) is 0 Å². The van der Waals surface area contributed by atoms with Crippen LogP contribution in [0.5, 0.6) is 0 Å². The van der Waals surface area contributed by atoms with Gasteiger partial charge in [0.15, 0.2) is 0 Å². The Labute approximate surface area is 62.6 Å². The summed E-state index contributed by atoms with van der Waals surface area (Å²) < 4.78 is 0. The van der Waals surface area contributed by atoms with Crippen LogP contribution in [0.15, 0.2) is 23.3 Å². The minimum atomic E-state index is 1.26. The van der Waals surface area contributed by atoms with Crippen molar-refractivity contribution >= 4 is 0 Å². The molecule has 0 aromatic rings. The molecule has 0 nitrogen and oxygen atoms in total. The van der Waals surface area contributed by atoms with Gasteiger partial charge in [-0.2, -0.15) is 0 Å². The van der Waals surface area contributed by atoms with Gasteiger partial charge in [0.25, 0.3) is 0 Å². The van der Waals surface area contributed by atoms with Crippen LogP contribution in [-0.2, 0) is 0 Å². The van der Waals surface area contributed by atoms with Gasteiger partial charge >= 0.3 is 0 Å². The highest BCUT2D eigenvalue weighted by Gasteiger charge is 2.19. The Kier molecular flexibility index (Phi) is 1.40. The zero-order valence-electron chi connectivity index (χ0n) is 6.45. The molecule has 2 rings (SSSR count). The summed E-state index contributed by atoms with van der Waals surface area (Å²) in [5.41, 5.74) is 4.82. The maximum Gasteiger partial charge on any atom is -0.0274 e. The summed E-state index contributed by atoms with van der Waals surface area (Å²) in [6, 6.07) is 0. The fourth-order valence-electron chi connectivity index (χ4n) is 2.17. The Morgan fingerprint density at radius 2 is 1.60 bits per heavy atom. The smallest absolute Gasteiger partial charge is 0.0274 e. The van der Waals surface area contributed by atoms with Gasteiger partial charge in [0.05, 0.1) is 0 Å². The maximum absolute atomic E-state index is 4.10. The van der Waals surface area contributed by atoms with E-state index in [1.807, 2.05) is 0 Å². The van der Waals surface area contributed by atoms with Crippen LogP contribution in [-0.4, -0.2) is 0 Å². The fraction of sp³-hybridized carbons (Fsp3) is 0.600. The van der Waals surface area contributed by atoms with Crippen LogP contribution in [0.1, 0.15) is 38.5 Å². The Morgan fingerprint density at radius 3 is 2.30 bits per heavy atom. The molecule has 0 heterocycles. The van der Waals surface area contributed by atoms with Crippen LogP contribution in [0.4, 0.5) is 0 Å². The molecule has 0 aliphatic heterocycles. The number of allylic oxidation sites excluding steroid dienone is 3. The molecule has 0 unspecified atom stereocenters. The van der Waals surface area contributed by atoms with Gasteiger partial charge in [-0.05, 0) is 44.1 Å².